The summed E-state index contributed by atoms with van der Waals surface area (Å²) >= 11 is 12.0. The molecule has 0 aromatic heterocycles. The molecule has 2 N–H and O–H groups in total. The van der Waals surface area contributed by atoms with Crippen LogP contribution in [0.25, 0.3) is 10.8 Å². The van der Waals surface area contributed by atoms with Crippen molar-refractivity contribution in [2.45, 2.75) is 6.54 Å². The van der Waals surface area contributed by atoms with Crippen molar-refractivity contribution >= 4 is 39.7 Å². The molecular weight excluding hydrogens is 305 g/mol. The Kier molecular flexibility index (Phi) is 3.91. The molecule has 0 heterocycles. The van der Waals surface area contributed by atoms with Crippen molar-refractivity contribution in [2.24, 2.45) is 0 Å². The SMILES string of the molecule is Oc1ccc2ccccc2c1CNc1ccc(Cl)cc1Cl. The van der Waals surface area contributed by atoms with E-state index < -0.39 is 0 Å². The highest BCUT2D eigenvalue weighted by molar-refractivity contribution is 6.36. The number of phenols is 1. The Balaban J connectivity index is 1.93. The van der Waals surface area contributed by atoms with Gasteiger partial charge in [-0.05, 0) is 35.0 Å². The van der Waals surface area contributed by atoms with Gasteiger partial charge in [-0.2, -0.15) is 0 Å². The van der Waals surface area contributed by atoms with Gasteiger partial charge in [-0.3, -0.25) is 0 Å². The lowest BCUT2D eigenvalue weighted by atomic mass is 10.0. The van der Waals surface area contributed by atoms with E-state index in [9.17, 15) is 5.11 Å². The molecule has 106 valence electrons. The topological polar surface area (TPSA) is 32.3 Å². The average Bonchev–Trinajstić information content (AvgIpc) is 2.48. The lowest BCUT2D eigenvalue weighted by molar-refractivity contribution is 0.470. The molecule has 3 rings (SSSR count). The van der Waals surface area contributed by atoms with E-state index in [-0.39, 0.29) is 5.75 Å². The van der Waals surface area contributed by atoms with Crippen LogP contribution in [0.2, 0.25) is 10.0 Å². The molecule has 4 heteroatoms. The van der Waals surface area contributed by atoms with Crippen molar-refractivity contribution in [3.8, 4) is 5.75 Å². The molecule has 2 nitrogen and oxygen atoms in total. The summed E-state index contributed by atoms with van der Waals surface area (Å²) in [6, 6.07) is 16.9. The first-order valence-electron chi connectivity index (χ1n) is 6.53. The zero-order valence-corrected chi connectivity index (χ0v) is 12.6. The van der Waals surface area contributed by atoms with Crippen LogP contribution in [0.15, 0.2) is 54.6 Å². The molecular formula is C17H13Cl2NO. The fourth-order valence-electron chi connectivity index (χ4n) is 2.33. The number of rotatable bonds is 3. The van der Waals surface area contributed by atoms with Gasteiger partial charge in [-0.25, -0.2) is 0 Å². The number of aromatic hydroxyl groups is 1. The van der Waals surface area contributed by atoms with E-state index >= 15 is 0 Å². The van der Waals surface area contributed by atoms with Crippen LogP contribution < -0.4 is 5.32 Å². The van der Waals surface area contributed by atoms with Crippen LogP contribution in [0.1, 0.15) is 5.56 Å². The molecule has 3 aromatic carbocycles. The number of hydrogen-bond donors (Lipinski definition) is 2. The smallest absolute Gasteiger partial charge is 0.121 e. The minimum Gasteiger partial charge on any atom is -0.508 e. The molecule has 0 saturated carbocycles. The molecule has 0 aliphatic carbocycles. The van der Waals surface area contributed by atoms with Crippen molar-refractivity contribution < 1.29 is 5.11 Å². The molecule has 0 bridgehead atoms. The number of anilines is 1. The summed E-state index contributed by atoms with van der Waals surface area (Å²) in [7, 11) is 0. The Morgan fingerprint density at radius 2 is 1.76 bits per heavy atom. The largest absolute Gasteiger partial charge is 0.508 e. The van der Waals surface area contributed by atoms with Gasteiger partial charge in [0.05, 0.1) is 10.7 Å². The maximum absolute atomic E-state index is 10.1. The maximum Gasteiger partial charge on any atom is 0.121 e. The van der Waals surface area contributed by atoms with Crippen molar-refractivity contribution in [2.75, 3.05) is 5.32 Å². The molecule has 0 aliphatic rings. The summed E-state index contributed by atoms with van der Waals surface area (Å²) < 4.78 is 0. The number of halogens is 2. The second-order valence-electron chi connectivity index (χ2n) is 4.76. The predicted octanol–water partition coefficient (Wildman–Crippen LogP) is 5.46. The third-order valence-corrected chi connectivity index (χ3v) is 3.95. The lowest BCUT2D eigenvalue weighted by Crippen LogP contribution is -2.01. The Morgan fingerprint density at radius 3 is 2.57 bits per heavy atom. The van der Waals surface area contributed by atoms with E-state index in [1.54, 1.807) is 18.2 Å². The zero-order valence-electron chi connectivity index (χ0n) is 11.1. The molecule has 0 unspecified atom stereocenters. The first-order chi connectivity index (χ1) is 10.1. The van der Waals surface area contributed by atoms with Crippen molar-refractivity contribution in [1.82, 2.24) is 0 Å². The Bertz CT molecular complexity index is 802. The fraction of sp³-hybridized carbons (Fsp3) is 0.0588. The number of hydrogen-bond acceptors (Lipinski definition) is 2. The van der Waals surface area contributed by atoms with Gasteiger partial charge in [0.1, 0.15) is 5.75 Å². The first kappa shape index (κ1) is 14.1. The molecule has 21 heavy (non-hydrogen) atoms. The van der Waals surface area contributed by atoms with Gasteiger partial charge < -0.3 is 10.4 Å². The molecule has 0 radical (unpaired) electrons. The Hall–Kier alpha value is -1.90. The van der Waals surface area contributed by atoms with Gasteiger partial charge in [0.2, 0.25) is 0 Å². The summed E-state index contributed by atoms with van der Waals surface area (Å²) in [4.78, 5) is 0. The standard InChI is InChI=1S/C17H13Cl2NO/c18-12-6-7-16(15(19)9-12)20-10-14-13-4-2-1-3-11(13)5-8-17(14)21/h1-9,20-21H,10H2. The van der Waals surface area contributed by atoms with E-state index in [1.165, 1.54) is 0 Å². The van der Waals surface area contributed by atoms with Crippen molar-refractivity contribution in [3.63, 3.8) is 0 Å². The third-order valence-electron chi connectivity index (χ3n) is 3.40. The van der Waals surface area contributed by atoms with E-state index in [0.717, 1.165) is 22.0 Å². The van der Waals surface area contributed by atoms with Gasteiger partial charge in [0, 0.05) is 17.1 Å². The van der Waals surface area contributed by atoms with Crippen molar-refractivity contribution in [3.05, 3.63) is 70.2 Å². The monoisotopic (exact) mass is 317 g/mol. The van der Waals surface area contributed by atoms with Crippen molar-refractivity contribution in [1.29, 1.82) is 0 Å². The molecule has 0 atom stereocenters. The second-order valence-corrected chi connectivity index (χ2v) is 5.61. The van der Waals surface area contributed by atoms with Crippen LogP contribution in [-0.4, -0.2) is 5.11 Å². The summed E-state index contributed by atoms with van der Waals surface area (Å²) in [6.45, 7) is 0.481. The second kappa shape index (κ2) is 5.84. The first-order valence-corrected chi connectivity index (χ1v) is 7.29. The molecule has 0 fully saturated rings. The predicted molar refractivity (Wildman–Crippen MR) is 89.4 cm³/mol. The van der Waals surface area contributed by atoms with Gasteiger partial charge in [0.25, 0.3) is 0 Å². The highest BCUT2D eigenvalue weighted by Crippen LogP contribution is 2.30. The summed E-state index contributed by atoms with van der Waals surface area (Å²) in [6.07, 6.45) is 0. The van der Waals surface area contributed by atoms with Crippen LogP contribution in [0.3, 0.4) is 0 Å². The zero-order chi connectivity index (χ0) is 14.8. The lowest BCUT2D eigenvalue weighted by Gasteiger charge is -2.12. The highest BCUT2D eigenvalue weighted by atomic mass is 35.5. The van der Waals surface area contributed by atoms with E-state index in [1.807, 2.05) is 36.4 Å². The number of phenolic OH excluding ortho intramolecular Hbond substituents is 1. The van der Waals surface area contributed by atoms with Gasteiger partial charge in [0.15, 0.2) is 0 Å². The van der Waals surface area contributed by atoms with Crippen LogP contribution in [0.4, 0.5) is 5.69 Å². The average molecular weight is 318 g/mol. The fourth-order valence-corrected chi connectivity index (χ4v) is 2.80. The minimum atomic E-state index is 0.270. The number of nitrogens with one attached hydrogen (secondary N) is 1. The van der Waals surface area contributed by atoms with E-state index in [2.05, 4.69) is 5.32 Å². The van der Waals surface area contributed by atoms with E-state index in [0.29, 0.717) is 16.6 Å². The number of fused-ring (bicyclic) bond motifs is 1. The van der Waals surface area contributed by atoms with Gasteiger partial charge in [-0.15, -0.1) is 0 Å². The quantitative estimate of drug-likeness (QED) is 0.671. The Morgan fingerprint density at radius 1 is 0.952 bits per heavy atom. The minimum absolute atomic E-state index is 0.270. The normalized spacial score (nSPS) is 10.8. The van der Waals surface area contributed by atoms with Crippen LogP contribution in [-0.2, 0) is 6.54 Å². The molecule has 0 aliphatic heterocycles. The van der Waals surface area contributed by atoms with Gasteiger partial charge >= 0.3 is 0 Å². The van der Waals surface area contributed by atoms with Crippen LogP contribution in [0, 0.1) is 0 Å². The molecule has 0 spiro atoms. The maximum atomic E-state index is 10.1. The van der Waals surface area contributed by atoms with E-state index in [4.69, 9.17) is 23.2 Å². The summed E-state index contributed by atoms with van der Waals surface area (Å²) in [5, 5.41) is 16.6. The van der Waals surface area contributed by atoms with Crippen LogP contribution in [0.5, 0.6) is 5.75 Å². The van der Waals surface area contributed by atoms with Gasteiger partial charge in [-0.1, -0.05) is 53.5 Å². The van der Waals surface area contributed by atoms with Crippen LogP contribution >= 0.6 is 23.2 Å². The molecule has 0 saturated heterocycles. The summed E-state index contributed by atoms with van der Waals surface area (Å²) in [5.74, 6) is 0.270. The molecule has 0 amide bonds. The number of benzene rings is 3. The Labute approximate surface area is 132 Å². The molecule has 3 aromatic rings. The third kappa shape index (κ3) is 2.92. The highest BCUT2D eigenvalue weighted by Gasteiger charge is 2.08. The summed E-state index contributed by atoms with van der Waals surface area (Å²) in [5.41, 5.74) is 1.63.